The third kappa shape index (κ3) is 12.5. The highest BCUT2D eigenvalue weighted by molar-refractivity contribution is 7.89. The minimum Gasteiger partial charge on any atom is -0.479 e. The van der Waals surface area contributed by atoms with Crippen LogP contribution >= 0.6 is 0 Å². The number of anilines is 2. The Morgan fingerprint density at radius 2 is 1.30 bits per heavy atom. The second-order valence-corrected chi connectivity index (χ2v) is 18.7. The van der Waals surface area contributed by atoms with Crippen molar-refractivity contribution in [2.75, 3.05) is 10.6 Å². The molecule has 2 aliphatic heterocycles. The third-order valence-corrected chi connectivity index (χ3v) is 10.5. The number of carbonyl (C=O) groups is 4. The number of primary sulfonamides is 1. The van der Waals surface area contributed by atoms with E-state index in [0.29, 0.717) is 40.4 Å². The molecule has 0 spiro atoms. The first-order valence-electron chi connectivity index (χ1n) is 19.8. The summed E-state index contributed by atoms with van der Waals surface area (Å²) in [6, 6.07) is 21.5. The zero-order chi connectivity index (χ0) is 46.7. The Balaban J connectivity index is 0.000000238. The van der Waals surface area contributed by atoms with Crippen LogP contribution in [0.25, 0.3) is 0 Å². The fourth-order valence-corrected chi connectivity index (χ4v) is 6.92. The fourth-order valence-electron chi connectivity index (χ4n) is 6.40. The Kier molecular flexibility index (Phi) is 13.9. The summed E-state index contributed by atoms with van der Waals surface area (Å²) in [5, 5.41) is 24.5. The smallest absolute Gasteiger partial charge is 0.408 e. The molecule has 2 heterocycles. The molecule has 6 rings (SSSR count). The largest absolute Gasteiger partial charge is 0.479 e. The summed E-state index contributed by atoms with van der Waals surface area (Å²) in [6.45, 7) is 13.8. The number of hydrogen-bond acceptors (Lipinski definition) is 13. The Hall–Kier alpha value is -6.57. The standard InChI is InChI=1S/C22H27N3O6S.C22H25N3O6/c1-13-19(26)25-17-11-15(7-10-18(17)30-13)22(23,20(27)31-21(2,3)4)12-14-5-8-16(9-6-14)32(24,28)29;1-13-20(26)23-18-12-15(7-10-19(18)30-13)17(24-21(27)31-22(2,3)4)11-14-5-8-16(9-6-14)25(28)29/h5-11,13H,12,23H2,1-4H3,(H,25,26)(H2,24,28,29);5-10,12-13,17H,11H2,1-4H3,(H,23,26)(H,24,27). The van der Waals surface area contributed by atoms with E-state index in [4.69, 9.17) is 29.8 Å². The number of rotatable bonds is 10. The van der Waals surface area contributed by atoms with Crippen molar-refractivity contribution in [2.45, 2.75) is 108 Å². The van der Waals surface area contributed by atoms with E-state index in [1.807, 2.05) is 0 Å². The molecule has 4 atom stereocenters. The molecule has 0 aliphatic carbocycles. The molecule has 63 heavy (non-hydrogen) atoms. The fraction of sp³-hybridized carbons (Fsp3) is 0.364. The van der Waals surface area contributed by atoms with Gasteiger partial charge in [-0.2, -0.15) is 0 Å². The van der Waals surface area contributed by atoms with Crippen LogP contribution in [0.3, 0.4) is 0 Å². The van der Waals surface area contributed by atoms with E-state index in [0.717, 1.165) is 11.1 Å². The number of hydrogen-bond donors (Lipinski definition) is 5. The van der Waals surface area contributed by atoms with Gasteiger partial charge in [-0.1, -0.05) is 36.4 Å². The van der Waals surface area contributed by atoms with Crippen LogP contribution in [-0.4, -0.2) is 60.6 Å². The number of nitrogens with one attached hydrogen (secondary N) is 3. The molecular formula is C44H52N6O12S. The zero-order valence-corrected chi connectivity index (χ0v) is 37.0. The molecule has 336 valence electrons. The van der Waals surface area contributed by atoms with Gasteiger partial charge >= 0.3 is 12.1 Å². The SMILES string of the molecule is CC1Oc2ccc(C(Cc3ccc([N+](=O)[O-])cc3)NC(=O)OC(C)(C)C)cc2NC1=O.CC1Oc2ccc(C(N)(Cc3ccc(S(N)(=O)=O)cc3)C(=O)OC(C)(C)C)cc2NC1=O. The lowest BCUT2D eigenvalue weighted by atomic mass is 9.84. The van der Waals surface area contributed by atoms with Crippen molar-refractivity contribution < 1.29 is 51.5 Å². The normalized spacial score (nSPS) is 17.2. The van der Waals surface area contributed by atoms with Gasteiger partial charge in [0, 0.05) is 18.6 Å². The van der Waals surface area contributed by atoms with E-state index in [1.165, 1.54) is 36.4 Å². The van der Waals surface area contributed by atoms with Gasteiger partial charge in [0.25, 0.3) is 17.5 Å². The number of sulfonamides is 1. The van der Waals surface area contributed by atoms with Crippen molar-refractivity contribution in [3.05, 3.63) is 117 Å². The first kappa shape index (κ1) is 47.5. The number of non-ortho nitro benzene ring substituents is 1. The van der Waals surface area contributed by atoms with Crippen LogP contribution in [0.2, 0.25) is 0 Å². The molecule has 0 saturated heterocycles. The minimum absolute atomic E-state index is 0.0107. The summed E-state index contributed by atoms with van der Waals surface area (Å²) in [5.41, 5.74) is 6.97. The minimum atomic E-state index is -3.85. The Morgan fingerprint density at radius 3 is 1.81 bits per heavy atom. The molecular weight excluding hydrogens is 837 g/mol. The van der Waals surface area contributed by atoms with Gasteiger partial charge in [-0.25, -0.2) is 23.1 Å². The molecule has 0 fully saturated rings. The van der Waals surface area contributed by atoms with Crippen LogP contribution < -0.4 is 36.3 Å². The average Bonchev–Trinajstić information content (AvgIpc) is 3.17. The lowest BCUT2D eigenvalue weighted by Gasteiger charge is -2.33. The van der Waals surface area contributed by atoms with Gasteiger partial charge in [-0.15, -0.1) is 0 Å². The molecule has 0 saturated carbocycles. The van der Waals surface area contributed by atoms with Crippen molar-refractivity contribution in [1.29, 1.82) is 0 Å². The number of esters is 1. The van der Waals surface area contributed by atoms with E-state index in [1.54, 1.807) is 104 Å². The summed E-state index contributed by atoms with van der Waals surface area (Å²) in [5.74, 6) is -0.228. The highest BCUT2D eigenvalue weighted by Crippen LogP contribution is 2.37. The van der Waals surface area contributed by atoms with Crippen molar-refractivity contribution in [3.8, 4) is 11.5 Å². The highest BCUT2D eigenvalue weighted by Gasteiger charge is 2.41. The second-order valence-electron chi connectivity index (χ2n) is 17.1. The van der Waals surface area contributed by atoms with E-state index >= 15 is 0 Å². The van der Waals surface area contributed by atoms with Crippen LogP contribution in [-0.2, 0) is 52.3 Å². The predicted molar refractivity (Wildman–Crippen MR) is 232 cm³/mol. The Morgan fingerprint density at radius 1 is 0.794 bits per heavy atom. The summed E-state index contributed by atoms with van der Waals surface area (Å²) in [6.07, 6.45) is -1.45. The molecule has 0 bridgehead atoms. The molecule has 4 aromatic carbocycles. The van der Waals surface area contributed by atoms with E-state index in [2.05, 4.69) is 16.0 Å². The maximum atomic E-state index is 13.2. The van der Waals surface area contributed by atoms with Gasteiger partial charge in [-0.05, 0) is 120 Å². The summed E-state index contributed by atoms with van der Waals surface area (Å²) in [7, 11) is -3.85. The molecule has 3 amide bonds. The van der Waals surface area contributed by atoms with Crippen LogP contribution in [0, 0.1) is 10.1 Å². The second kappa shape index (κ2) is 18.4. The van der Waals surface area contributed by atoms with Crippen molar-refractivity contribution in [1.82, 2.24) is 5.32 Å². The summed E-state index contributed by atoms with van der Waals surface area (Å²) >= 11 is 0. The highest BCUT2D eigenvalue weighted by atomic mass is 32.2. The first-order chi connectivity index (χ1) is 29.2. The molecule has 0 radical (unpaired) electrons. The van der Waals surface area contributed by atoms with E-state index in [-0.39, 0.29) is 28.8 Å². The average molecular weight is 889 g/mol. The molecule has 4 unspecified atom stereocenters. The number of nitro benzene ring substituents is 1. The summed E-state index contributed by atoms with van der Waals surface area (Å²) < 4.78 is 45.2. The first-order valence-corrected chi connectivity index (χ1v) is 21.4. The molecule has 0 aromatic heterocycles. The Labute approximate surface area is 365 Å². The lowest BCUT2D eigenvalue weighted by molar-refractivity contribution is -0.384. The number of nitrogens with two attached hydrogens (primary N) is 2. The lowest BCUT2D eigenvalue weighted by Crippen LogP contribution is -2.50. The third-order valence-electron chi connectivity index (χ3n) is 9.54. The number of nitro groups is 1. The number of benzene rings is 4. The molecule has 18 nitrogen and oxygen atoms in total. The number of fused-ring (bicyclic) bond motifs is 2. The van der Waals surface area contributed by atoms with Gasteiger partial charge in [0.05, 0.1) is 27.2 Å². The zero-order valence-electron chi connectivity index (χ0n) is 36.1. The molecule has 7 N–H and O–H groups in total. The van der Waals surface area contributed by atoms with Gasteiger partial charge in [-0.3, -0.25) is 19.7 Å². The number of carbonyl (C=O) groups excluding carboxylic acids is 4. The molecule has 4 aromatic rings. The number of alkyl carbamates (subject to hydrolysis) is 1. The monoisotopic (exact) mass is 888 g/mol. The van der Waals surface area contributed by atoms with Crippen LogP contribution in [0.5, 0.6) is 11.5 Å². The number of ether oxygens (including phenoxy) is 4. The van der Waals surface area contributed by atoms with Gasteiger partial charge in [0.1, 0.15) is 28.2 Å². The summed E-state index contributed by atoms with van der Waals surface area (Å²) in [4.78, 5) is 60.0. The van der Waals surface area contributed by atoms with Crippen molar-refractivity contribution >= 4 is 51.0 Å². The number of nitrogens with zero attached hydrogens (tertiary/aromatic N) is 1. The topological polar surface area (TPSA) is 271 Å². The predicted octanol–water partition coefficient (Wildman–Crippen LogP) is 5.91. The van der Waals surface area contributed by atoms with Gasteiger partial charge in [0.2, 0.25) is 10.0 Å². The van der Waals surface area contributed by atoms with Crippen molar-refractivity contribution in [2.24, 2.45) is 10.9 Å². The quantitative estimate of drug-likeness (QED) is 0.0704. The number of amides is 3. The molecule has 2 aliphatic rings. The maximum Gasteiger partial charge on any atom is 0.408 e. The Bertz CT molecular complexity index is 2500. The van der Waals surface area contributed by atoms with Gasteiger partial charge < -0.3 is 40.6 Å². The van der Waals surface area contributed by atoms with E-state index in [9.17, 15) is 37.7 Å². The van der Waals surface area contributed by atoms with Gasteiger partial charge in [0.15, 0.2) is 12.2 Å². The van der Waals surface area contributed by atoms with E-state index < -0.39 is 62.0 Å². The van der Waals surface area contributed by atoms with Crippen LogP contribution in [0.15, 0.2) is 89.8 Å². The van der Waals surface area contributed by atoms with Crippen LogP contribution in [0.1, 0.15) is 83.7 Å². The maximum absolute atomic E-state index is 13.2. The molecule has 19 heteroatoms. The van der Waals surface area contributed by atoms with Crippen LogP contribution in [0.4, 0.5) is 21.9 Å². The van der Waals surface area contributed by atoms with Crippen molar-refractivity contribution in [3.63, 3.8) is 0 Å².